The van der Waals surface area contributed by atoms with Crippen LogP contribution in [0.1, 0.15) is 15.2 Å². The molecule has 1 fully saturated rings. The van der Waals surface area contributed by atoms with Crippen molar-refractivity contribution in [1.82, 2.24) is 10.2 Å². The predicted octanol–water partition coefficient (Wildman–Crippen LogP) is 4.09. The van der Waals surface area contributed by atoms with Gasteiger partial charge in [0.2, 0.25) is 5.91 Å². The number of hydrogen-bond acceptors (Lipinski definition) is 4. The lowest BCUT2D eigenvalue weighted by molar-refractivity contribution is -0.133. The summed E-state index contributed by atoms with van der Waals surface area (Å²) in [5.41, 5.74) is 2.12. The van der Waals surface area contributed by atoms with Crippen molar-refractivity contribution in [2.45, 2.75) is 12.5 Å². The molecule has 0 bridgehead atoms. The third-order valence-corrected chi connectivity index (χ3v) is 6.53. The molecule has 1 aromatic heterocycles. The maximum atomic E-state index is 13.4. The van der Waals surface area contributed by atoms with Gasteiger partial charge in [0, 0.05) is 43.3 Å². The second kappa shape index (κ2) is 9.98. The van der Waals surface area contributed by atoms with Crippen LogP contribution in [0.25, 0.3) is 0 Å². The number of rotatable bonds is 6. The molecule has 3 aromatic rings. The van der Waals surface area contributed by atoms with E-state index in [9.17, 15) is 9.59 Å². The molecule has 1 unspecified atom stereocenters. The van der Waals surface area contributed by atoms with E-state index in [0.717, 1.165) is 24.3 Å². The van der Waals surface area contributed by atoms with Crippen molar-refractivity contribution in [3.8, 4) is 0 Å². The lowest BCUT2D eigenvalue weighted by Gasteiger charge is -2.37. The summed E-state index contributed by atoms with van der Waals surface area (Å²) in [5.74, 6) is -0.242. The minimum atomic E-state index is -0.598. The maximum Gasteiger partial charge on any atom is 0.262 e. The number of nitrogens with one attached hydrogen (secondary N) is 1. The Bertz CT molecular complexity index is 1000. The maximum absolute atomic E-state index is 13.4. The lowest BCUT2D eigenvalue weighted by atomic mass is 10.0. The SMILES string of the molecule is O=C(NC(Cc1ccccc1)C(=O)N1CCN(c2ccc(Cl)cc2)CC1)c1cccs1. The average Bonchev–Trinajstić information content (AvgIpc) is 3.35. The van der Waals surface area contributed by atoms with Gasteiger partial charge in [0.05, 0.1) is 4.88 Å². The number of piperazine rings is 1. The van der Waals surface area contributed by atoms with Gasteiger partial charge in [-0.3, -0.25) is 9.59 Å². The third-order valence-electron chi connectivity index (χ3n) is 5.41. The van der Waals surface area contributed by atoms with Crippen molar-refractivity contribution >= 4 is 40.4 Å². The highest BCUT2D eigenvalue weighted by atomic mass is 35.5. The summed E-state index contributed by atoms with van der Waals surface area (Å²) in [7, 11) is 0. The summed E-state index contributed by atoms with van der Waals surface area (Å²) < 4.78 is 0. The fraction of sp³-hybridized carbons (Fsp3) is 0.250. The van der Waals surface area contributed by atoms with E-state index < -0.39 is 6.04 Å². The highest BCUT2D eigenvalue weighted by Crippen LogP contribution is 2.20. The minimum absolute atomic E-state index is 0.0375. The van der Waals surface area contributed by atoms with Crippen LogP contribution in [0.15, 0.2) is 72.1 Å². The van der Waals surface area contributed by atoms with Crippen LogP contribution in [0.5, 0.6) is 0 Å². The van der Waals surface area contributed by atoms with E-state index in [1.54, 1.807) is 6.07 Å². The summed E-state index contributed by atoms with van der Waals surface area (Å²) in [4.78, 5) is 30.8. The number of thiophene rings is 1. The monoisotopic (exact) mass is 453 g/mol. The molecule has 2 amide bonds. The molecule has 1 N–H and O–H groups in total. The fourth-order valence-corrected chi connectivity index (χ4v) is 4.50. The molecule has 1 aliphatic heterocycles. The van der Waals surface area contributed by atoms with Gasteiger partial charge in [-0.25, -0.2) is 0 Å². The molecule has 1 aliphatic rings. The molecular formula is C24H24ClN3O2S. The van der Waals surface area contributed by atoms with Gasteiger partial charge in [-0.1, -0.05) is 48.0 Å². The second-order valence-electron chi connectivity index (χ2n) is 7.48. The molecular weight excluding hydrogens is 430 g/mol. The molecule has 0 radical (unpaired) electrons. The first-order valence-corrected chi connectivity index (χ1v) is 11.5. The van der Waals surface area contributed by atoms with E-state index >= 15 is 0 Å². The van der Waals surface area contributed by atoms with E-state index in [2.05, 4.69) is 10.2 Å². The van der Waals surface area contributed by atoms with Gasteiger partial charge in [0.25, 0.3) is 5.91 Å². The summed E-state index contributed by atoms with van der Waals surface area (Å²) >= 11 is 7.36. The number of halogens is 1. The molecule has 7 heteroatoms. The van der Waals surface area contributed by atoms with Crippen LogP contribution >= 0.6 is 22.9 Å². The Morgan fingerprint density at radius 1 is 0.935 bits per heavy atom. The smallest absolute Gasteiger partial charge is 0.262 e. The van der Waals surface area contributed by atoms with Crippen molar-refractivity contribution in [2.75, 3.05) is 31.1 Å². The highest BCUT2D eigenvalue weighted by Gasteiger charge is 2.29. The second-order valence-corrected chi connectivity index (χ2v) is 8.87. The molecule has 5 nitrogen and oxygen atoms in total. The van der Waals surface area contributed by atoms with Gasteiger partial charge in [-0.05, 0) is 41.3 Å². The zero-order chi connectivity index (χ0) is 21.6. The molecule has 4 rings (SSSR count). The summed E-state index contributed by atoms with van der Waals surface area (Å²) in [6.45, 7) is 2.71. The predicted molar refractivity (Wildman–Crippen MR) is 126 cm³/mol. The number of carbonyl (C=O) groups excluding carboxylic acids is 2. The lowest BCUT2D eigenvalue weighted by Crippen LogP contribution is -2.55. The molecule has 0 spiro atoms. The number of nitrogens with zero attached hydrogens (tertiary/aromatic N) is 2. The van der Waals surface area contributed by atoms with Crippen molar-refractivity contribution < 1.29 is 9.59 Å². The number of carbonyl (C=O) groups is 2. The first kappa shape index (κ1) is 21.4. The topological polar surface area (TPSA) is 52.7 Å². The van der Waals surface area contributed by atoms with Crippen molar-refractivity contribution in [3.05, 3.63) is 87.6 Å². The van der Waals surface area contributed by atoms with Crippen LogP contribution in [-0.4, -0.2) is 48.9 Å². The van der Waals surface area contributed by atoms with Crippen LogP contribution < -0.4 is 10.2 Å². The standard InChI is InChI=1S/C24H24ClN3O2S/c25-19-8-10-20(11-9-19)27-12-14-28(15-13-27)24(30)21(17-18-5-2-1-3-6-18)26-23(29)22-7-4-16-31-22/h1-11,16,21H,12-15,17H2,(H,26,29). The Morgan fingerprint density at radius 3 is 2.29 bits per heavy atom. The van der Waals surface area contributed by atoms with Crippen molar-refractivity contribution in [3.63, 3.8) is 0 Å². The van der Waals surface area contributed by atoms with E-state index in [0.29, 0.717) is 29.4 Å². The Balaban J connectivity index is 1.43. The first-order chi connectivity index (χ1) is 15.1. The van der Waals surface area contributed by atoms with E-state index in [1.807, 2.05) is 70.9 Å². The minimum Gasteiger partial charge on any atom is -0.368 e. The number of hydrogen-bond donors (Lipinski definition) is 1. The van der Waals surface area contributed by atoms with E-state index in [4.69, 9.17) is 11.6 Å². The normalized spacial score (nSPS) is 14.9. The number of amides is 2. The number of anilines is 1. The Labute approximate surface area is 191 Å². The van der Waals surface area contributed by atoms with E-state index in [-0.39, 0.29) is 11.8 Å². The van der Waals surface area contributed by atoms with Crippen molar-refractivity contribution in [2.24, 2.45) is 0 Å². The van der Waals surface area contributed by atoms with Gasteiger partial charge in [-0.15, -0.1) is 11.3 Å². The van der Waals surface area contributed by atoms with Crippen LogP contribution in [0.4, 0.5) is 5.69 Å². The van der Waals surface area contributed by atoms with Gasteiger partial charge < -0.3 is 15.1 Å². The average molecular weight is 454 g/mol. The van der Waals surface area contributed by atoms with Gasteiger partial charge in [0.15, 0.2) is 0 Å². The van der Waals surface area contributed by atoms with Crippen LogP contribution in [0, 0.1) is 0 Å². The molecule has 1 saturated heterocycles. The van der Waals surface area contributed by atoms with Crippen molar-refractivity contribution in [1.29, 1.82) is 0 Å². The first-order valence-electron chi connectivity index (χ1n) is 10.3. The van der Waals surface area contributed by atoms with Crippen LogP contribution in [0.2, 0.25) is 5.02 Å². The van der Waals surface area contributed by atoms with Crippen LogP contribution in [-0.2, 0) is 11.2 Å². The molecule has 0 aliphatic carbocycles. The Morgan fingerprint density at radius 2 is 1.65 bits per heavy atom. The van der Waals surface area contributed by atoms with E-state index in [1.165, 1.54) is 11.3 Å². The largest absolute Gasteiger partial charge is 0.368 e. The summed E-state index contributed by atoms with van der Waals surface area (Å²) in [6, 6.07) is 20.6. The summed E-state index contributed by atoms with van der Waals surface area (Å²) in [6.07, 6.45) is 0.466. The Kier molecular flexibility index (Phi) is 6.89. The van der Waals surface area contributed by atoms with Gasteiger partial charge in [0.1, 0.15) is 6.04 Å². The fourth-order valence-electron chi connectivity index (χ4n) is 3.74. The summed E-state index contributed by atoms with van der Waals surface area (Å²) in [5, 5.41) is 5.54. The zero-order valence-electron chi connectivity index (χ0n) is 17.0. The molecule has 0 saturated carbocycles. The van der Waals surface area contributed by atoms with Crippen LogP contribution in [0.3, 0.4) is 0 Å². The third kappa shape index (κ3) is 5.46. The molecule has 160 valence electrons. The molecule has 1 atom stereocenters. The number of benzene rings is 2. The quantitative estimate of drug-likeness (QED) is 0.611. The zero-order valence-corrected chi connectivity index (χ0v) is 18.6. The molecule has 2 heterocycles. The Hall–Kier alpha value is -2.83. The molecule has 31 heavy (non-hydrogen) atoms. The highest BCUT2D eigenvalue weighted by molar-refractivity contribution is 7.12. The van der Waals surface area contributed by atoms with Gasteiger partial charge in [-0.2, -0.15) is 0 Å². The molecule has 2 aromatic carbocycles. The van der Waals surface area contributed by atoms with Gasteiger partial charge >= 0.3 is 0 Å².